The Hall–Kier alpha value is -3.10. The molecule has 0 spiro atoms. The first-order chi connectivity index (χ1) is 12.6. The Morgan fingerprint density at radius 1 is 1.31 bits per heavy atom. The zero-order chi connectivity index (χ0) is 18.5. The molecule has 9 nitrogen and oxygen atoms in total. The summed E-state index contributed by atoms with van der Waals surface area (Å²) in [5.41, 5.74) is 0.0920. The molecule has 3 rings (SSSR count). The van der Waals surface area contributed by atoms with Gasteiger partial charge in [0.05, 0.1) is 18.8 Å². The summed E-state index contributed by atoms with van der Waals surface area (Å²) < 4.78 is 15.1. The van der Waals surface area contributed by atoms with Crippen LogP contribution >= 0.6 is 0 Å². The van der Waals surface area contributed by atoms with Crippen LogP contribution in [0.4, 0.5) is 6.01 Å². The molecule has 0 unspecified atom stereocenters. The molecule has 2 amide bonds. The second-order valence-corrected chi connectivity index (χ2v) is 5.79. The van der Waals surface area contributed by atoms with Gasteiger partial charge in [0.2, 0.25) is 0 Å². The van der Waals surface area contributed by atoms with Crippen LogP contribution in [0.2, 0.25) is 0 Å². The number of nitrogens with one attached hydrogen (secondary N) is 1. The van der Waals surface area contributed by atoms with Crippen molar-refractivity contribution in [1.82, 2.24) is 9.88 Å². The normalized spacial score (nSPS) is 14.9. The molecule has 0 aliphatic carbocycles. The molecule has 1 fully saturated rings. The lowest BCUT2D eigenvalue weighted by Crippen LogP contribution is -2.40. The van der Waals surface area contributed by atoms with Crippen molar-refractivity contribution in [3.05, 3.63) is 36.1 Å². The van der Waals surface area contributed by atoms with Gasteiger partial charge in [-0.25, -0.2) is 0 Å². The molecule has 1 saturated heterocycles. The number of ether oxygens (including phenoxy) is 1. The fourth-order valence-electron chi connectivity index (χ4n) is 2.74. The van der Waals surface area contributed by atoms with Gasteiger partial charge in [0, 0.05) is 13.1 Å². The van der Waals surface area contributed by atoms with E-state index in [9.17, 15) is 14.4 Å². The third-order valence-corrected chi connectivity index (χ3v) is 4.09. The highest BCUT2D eigenvalue weighted by atomic mass is 16.5. The topological polar surface area (TPSA) is 115 Å². The Morgan fingerprint density at radius 2 is 2.08 bits per heavy atom. The van der Waals surface area contributed by atoms with E-state index in [2.05, 4.69) is 10.3 Å². The third-order valence-electron chi connectivity index (χ3n) is 4.09. The number of amides is 2. The van der Waals surface area contributed by atoms with Gasteiger partial charge in [-0.3, -0.25) is 19.7 Å². The number of rotatable bonds is 5. The molecule has 9 heteroatoms. The quantitative estimate of drug-likeness (QED) is 0.809. The predicted molar refractivity (Wildman–Crippen MR) is 88.4 cm³/mol. The van der Waals surface area contributed by atoms with Gasteiger partial charge in [-0.1, -0.05) is 0 Å². The van der Waals surface area contributed by atoms with E-state index < -0.39 is 5.91 Å². The molecule has 2 aromatic rings. The summed E-state index contributed by atoms with van der Waals surface area (Å²) in [4.78, 5) is 41.7. The number of piperidine rings is 1. The number of hydrogen-bond donors (Lipinski definition) is 1. The van der Waals surface area contributed by atoms with Gasteiger partial charge in [0.25, 0.3) is 11.8 Å². The molecular formula is C17H19N3O6. The second-order valence-electron chi connectivity index (χ2n) is 5.79. The van der Waals surface area contributed by atoms with Crippen LogP contribution in [0.25, 0.3) is 0 Å². The van der Waals surface area contributed by atoms with Crippen LogP contribution in [0.15, 0.2) is 33.5 Å². The van der Waals surface area contributed by atoms with Crippen molar-refractivity contribution >= 4 is 23.8 Å². The summed E-state index contributed by atoms with van der Waals surface area (Å²) in [6.07, 6.45) is 3.66. The van der Waals surface area contributed by atoms with Crippen molar-refractivity contribution in [2.75, 3.05) is 25.0 Å². The lowest BCUT2D eigenvalue weighted by molar-refractivity contribution is -0.149. The van der Waals surface area contributed by atoms with E-state index in [-0.39, 0.29) is 35.3 Å². The molecule has 138 valence electrons. The average Bonchev–Trinajstić information content (AvgIpc) is 3.33. The van der Waals surface area contributed by atoms with Crippen LogP contribution in [0.1, 0.15) is 40.8 Å². The molecule has 1 aliphatic heterocycles. The molecule has 1 N–H and O–H groups in total. The summed E-state index contributed by atoms with van der Waals surface area (Å²) >= 11 is 0. The summed E-state index contributed by atoms with van der Waals surface area (Å²) in [5.74, 6) is -1.12. The number of oxazole rings is 1. The van der Waals surface area contributed by atoms with Crippen LogP contribution in [0, 0.1) is 5.92 Å². The zero-order valence-electron chi connectivity index (χ0n) is 14.3. The smallest absolute Gasteiger partial charge is 0.309 e. The maximum absolute atomic E-state index is 12.5. The number of hydrogen-bond acceptors (Lipinski definition) is 7. The van der Waals surface area contributed by atoms with E-state index in [4.69, 9.17) is 13.6 Å². The van der Waals surface area contributed by atoms with E-state index in [1.54, 1.807) is 17.9 Å². The van der Waals surface area contributed by atoms with Crippen LogP contribution in [0.5, 0.6) is 0 Å². The first-order valence-electron chi connectivity index (χ1n) is 8.34. The number of furan rings is 1. The number of carbonyl (C=O) groups excluding carboxylic acids is 3. The minimum Gasteiger partial charge on any atom is -0.466 e. The Balaban J connectivity index is 1.55. The molecule has 1 aliphatic rings. The largest absolute Gasteiger partial charge is 0.466 e. The van der Waals surface area contributed by atoms with Crippen LogP contribution in [-0.4, -0.2) is 47.4 Å². The number of carbonyl (C=O) groups is 3. The number of likely N-dealkylation sites (tertiary alicyclic amines) is 1. The van der Waals surface area contributed by atoms with E-state index >= 15 is 0 Å². The van der Waals surface area contributed by atoms with Crippen molar-refractivity contribution in [2.24, 2.45) is 5.92 Å². The van der Waals surface area contributed by atoms with Crippen molar-refractivity contribution in [3.63, 3.8) is 0 Å². The highest BCUT2D eigenvalue weighted by molar-refractivity contribution is 6.01. The first kappa shape index (κ1) is 17.7. The third kappa shape index (κ3) is 3.93. The molecule has 0 aromatic carbocycles. The molecule has 2 aromatic heterocycles. The van der Waals surface area contributed by atoms with Crippen LogP contribution < -0.4 is 5.32 Å². The first-order valence-corrected chi connectivity index (χ1v) is 8.34. The van der Waals surface area contributed by atoms with Crippen molar-refractivity contribution in [2.45, 2.75) is 19.8 Å². The summed E-state index contributed by atoms with van der Waals surface area (Å²) in [7, 11) is 0. The van der Waals surface area contributed by atoms with Gasteiger partial charge in [0.15, 0.2) is 11.5 Å². The minimum absolute atomic E-state index is 0.0869. The van der Waals surface area contributed by atoms with E-state index in [0.717, 1.165) is 0 Å². The van der Waals surface area contributed by atoms with E-state index in [1.807, 2.05) is 0 Å². The minimum atomic E-state index is -0.522. The van der Waals surface area contributed by atoms with Crippen LogP contribution in [0.3, 0.4) is 0 Å². The lowest BCUT2D eigenvalue weighted by Gasteiger charge is -2.30. The fourth-order valence-corrected chi connectivity index (χ4v) is 2.74. The van der Waals surface area contributed by atoms with Gasteiger partial charge in [-0.05, 0) is 31.9 Å². The Kier molecular flexibility index (Phi) is 5.35. The molecule has 0 bridgehead atoms. The summed E-state index contributed by atoms with van der Waals surface area (Å²) in [5, 5.41) is 2.42. The molecular weight excluding hydrogens is 342 g/mol. The Morgan fingerprint density at radius 3 is 2.73 bits per heavy atom. The van der Waals surface area contributed by atoms with E-state index in [1.165, 1.54) is 18.6 Å². The molecule has 0 atom stereocenters. The Labute approximate surface area is 149 Å². The summed E-state index contributed by atoms with van der Waals surface area (Å²) in [6, 6.07) is 2.99. The predicted octanol–water partition coefficient (Wildman–Crippen LogP) is 1.94. The van der Waals surface area contributed by atoms with Gasteiger partial charge >= 0.3 is 12.0 Å². The fraction of sp³-hybridized carbons (Fsp3) is 0.412. The van der Waals surface area contributed by atoms with Crippen LogP contribution in [-0.2, 0) is 9.53 Å². The maximum atomic E-state index is 12.5. The second kappa shape index (κ2) is 7.85. The molecule has 26 heavy (non-hydrogen) atoms. The van der Waals surface area contributed by atoms with Crippen molar-refractivity contribution in [1.29, 1.82) is 0 Å². The van der Waals surface area contributed by atoms with E-state index in [0.29, 0.717) is 32.5 Å². The number of anilines is 1. The number of nitrogens with zero attached hydrogens (tertiary/aromatic N) is 2. The lowest BCUT2D eigenvalue weighted by atomic mass is 9.97. The van der Waals surface area contributed by atoms with Crippen molar-refractivity contribution < 1.29 is 28.0 Å². The monoisotopic (exact) mass is 361 g/mol. The van der Waals surface area contributed by atoms with Gasteiger partial charge in [-0.15, -0.1) is 0 Å². The average molecular weight is 361 g/mol. The molecule has 0 saturated carbocycles. The highest BCUT2D eigenvalue weighted by Gasteiger charge is 2.30. The molecule has 0 radical (unpaired) electrons. The van der Waals surface area contributed by atoms with Gasteiger partial charge < -0.3 is 18.5 Å². The van der Waals surface area contributed by atoms with Crippen molar-refractivity contribution in [3.8, 4) is 0 Å². The summed E-state index contributed by atoms with van der Waals surface area (Å²) in [6.45, 7) is 2.99. The zero-order valence-corrected chi connectivity index (χ0v) is 14.3. The number of aromatic nitrogens is 1. The highest BCUT2D eigenvalue weighted by Crippen LogP contribution is 2.21. The van der Waals surface area contributed by atoms with Gasteiger partial charge in [-0.2, -0.15) is 4.98 Å². The SMILES string of the molecule is CCOC(=O)C1CCN(C(=O)c2coc(NC(=O)c3ccco3)n2)CC1. The Bertz CT molecular complexity index is 774. The molecule has 3 heterocycles. The number of esters is 1. The maximum Gasteiger partial charge on any atom is 0.309 e. The van der Waals surface area contributed by atoms with Gasteiger partial charge in [0.1, 0.15) is 6.26 Å². The standard InChI is InChI=1S/C17H19N3O6/c1-2-24-16(23)11-5-7-20(8-6-11)15(22)12-10-26-17(18-12)19-14(21)13-4-3-9-25-13/h3-4,9-11H,2,5-8H2,1H3,(H,18,19,21).